The Morgan fingerprint density at radius 3 is 1.44 bits per heavy atom. The second-order valence-electron chi connectivity index (χ2n) is 11.6. The molecule has 6 nitrogen and oxygen atoms in total. The Hall–Kier alpha value is -3.68. The third-order valence-electron chi connectivity index (χ3n) is 8.56. The van der Waals surface area contributed by atoms with Gasteiger partial charge in [-0.25, -0.2) is 0 Å². The van der Waals surface area contributed by atoms with Crippen molar-refractivity contribution >= 4 is 0 Å². The molecule has 2 saturated heterocycles. The van der Waals surface area contributed by atoms with Crippen LogP contribution in [-0.4, -0.2) is 65.1 Å². The Labute approximate surface area is 253 Å². The van der Waals surface area contributed by atoms with E-state index in [1.165, 1.54) is 44.5 Å². The molecule has 0 N–H and O–H groups in total. The van der Waals surface area contributed by atoms with Crippen molar-refractivity contribution in [1.29, 1.82) is 0 Å². The SMILES string of the molecule is Cc1cc(OCCOCC2CO2)ccc1C1(c2ccc(OCCOCC3CO3)cc2C)c2ccccc2-c2ccccc21. The van der Waals surface area contributed by atoms with Crippen molar-refractivity contribution in [3.63, 3.8) is 0 Å². The number of benzene rings is 4. The molecule has 4 aromatic carbocycles. The van der Waals surface area contributed by atoms with Gasteiger partial charge in [0.25, 0.3) is 0 Å². The Morgan fingerprint density at radius 2 is 1.02 bits per heavy atom. The smallest absolute Gasteiger partial charge is 0.119 e. The first kappa shape index (κ1) is 28.1. The van der Waals surface area contributed by atoms with Gasteiger partial charge >= 0.3 is 0 Å². The highest BCUT2D eigenvalue weighted by atomic mass is 16.6. The maximum absolute atomic E-state index is 6.10. The Morgan fingerprint density at radius 1 is 0.581 bits per heavy atom. The van der Waals surface area contributed by atoms with E-state index in [0.29, 0.717) is 39.6 Å². The van der Waals surface area contributed by atoms with Crippen molar-refractivity contribution in [2.24, 2.45) is 0 Å². The zero-order valence-corrected chi connectivity index (χ0v) is 24.8. The second-order valence-corrected chi connectivity index (χ2v) is 11.6. The molecule has 222 valence electrons. The molecule has 6 heteroatoms. The van der Waals surface area contributed by atoms with Crippen LogP contribution in [0.3, 0.4) is 0 Å². The molecular weight excluding hydrogens is 540 g/mol. The lowest BCUT2D eigenvalue weighted by molar-refractivity contribution is 0.0878. The largest absolute Gasteiger partial charge is 0.491 e. The molecule has 0 radical (unpaired) electrons. The van der Waals surface area contributed by atoms with Crippen molar-refractivity contribution < 1.29 is 28.4 Å². The van der Waals surface area contributed by atoms with E-state index in [9.17, 15) is 0 Å². The molecule has 2 atom stereocenters. The van der Waals surface area contributed by atoms with E-state index < -0.39 is 5.41 Å². The zero-order valence-electron chi connectivity index (χ0n) is 24.8. The van der Waals surface area contributed by atoms with E-state index in [0.717, 1.165) is 24.7 Å². The van der Waals surface area contributed by atoms with Crippen LogP contribution < -0.4 is 9.47 Å². The van der Waals surface area contributed by atoms with Gasteiger partial charge < -0.3 is 28.4 Å². The number of fused-ring (bicyclic) bond motifs is 3. The van der Waals surface area contributed by atoms with Crippen LogP contribution in [0.1, 0.15) is 33.4 Å². The van der Waals surface area contributed by atoms with E-state index in [4.69, 9.17) is 28.4 Å². The summed E-state index contributed by atoms with van der Waals surface area (Å²) in [5.41, 5.74) is 9.46. The minimum Gasteiger partial charge on any atom is -0.491 e. The molecule has 2 aliphatic heterocycles. The number of ether oxygens (including phenoxy) is 6. The van der Waals surface area contributed by atoms with Gasteiger partial charge in [0.1, 0.15) is 36.9 Å². The third kappa shape index (κ3) is 5.68. The number of epoxide rings is 2. The van der Waals surface area contributed by atoms with Gasteiger partial charge in [0.05, 0.1) is 45.1 Å². The first-order chi connectivity index (χ1) is 21.1. The fourth-order valence-corrected chi connectivity index (χ4v) is 6.45. The highest BCUT2D eigenvalue weighted by molar-refractivity contribution is 5.87. The van der Waals surface area contributed by atoms with Crippen LogP contribution in [0.2, 0.25) is 0 Å². The van der Waals surface area contributed by atoms with Gasteiger partial charge in [0.2, 0.25) is 0 Å². The lowest BCUT2D eigenvalue weighted by Crippen LogP contribution is -2.30. The van der Waals surface area contributed by atoms with Gasteiger partial charge in [-0.15, -0.1) is 0 Å². The summed E-state index contributed by atoms with van der Waals surface area (Å²) in [5.74, 6) is 1.69. The minimum atomic E-state index is -0.487. The van der Waals surface area contributed by atoms with Crippen LogP contribution in [0.15, 0.2) is 84.9 Å². The molecule has 0 amide bonds. The van der Waals surface area contributed by atoms with Crippen LogP contribution >= 0.6 is 0 Å². The summed E-state index contributed by atoms with van der Waals surface area (Å²) in [7, 11) is 0. The van der Waals surface area contributed by atoms with Crippen LogP contribution in [-0.2, 0) is 24.4 Å². The van der Waals surface area contributed by atoms with Gasteiger partial charge in [-0.3, -0.25) is 0 Å². The number of hydrogen-bond donors (Lipinski definition) is 0. The number of aryl methyl sites for hydroxylation is 2. The molecule has 0 spiro atoms. The lowest BCUT2D eigenvalue weighted by atomic mass is 9.65. The highest BCUT2D eigenvalue weighted by Crippen LogP contribution is 2.57. The lowest BCUT2D eigenvalue weighted by Gasteiger charge is -2.36. The molecule has 0 saturated carbocycles. The average molecular weight is 579 g/mol. The van der Waals surface area contributed by atoms with Crippen molar-refractivity contribution in [3.05, 3.63) is 118 Å². The summed E-state index contributed by atoms with van der Waals surface area (Å²) in [6, 6.07) is 30.6. The predicted octanol–water partition coefficient (Wildman–Crippen LogP) is 6.25. The Balaban J connectivity index is 1.22. The summed E-state index contributed by atoms with van der Waals surface area (Å²) < 4.78 is 34.0. The fraction of sp³-hybridized carbons (Fsp3) is 0.351. The van der Waals surface area contributed by atoms with E-state index in [1.54, 1.807) is 0 Å². The van der Waals surface area contributed by atoms with Gasteiger partial charge in [0, 0.05) is 0 Å². The monoisotopic (exact) mass is 578 g/mol. The molecule has 3 aliphatic rings. The van der Waals surface area contributed by atoms with Crippen molar-refractivity contribution in [2.45, 2.75) is 31.5 Å². The number of hydrogen-bond acceptors (Lipinski definition) is 6. The Kier molecular flexibility index (Phi) is 7.93. The second kappa shape index (κ2) is 12.1. The molecule has 43 heavy (non-hydrogen) atoms. The average Bonchev–Trinajstić information content (AvgIpc) is 3.96. The first-order valence-electron chi connectivity index (χ1n) is 15.2. The van der Waals surface area contributed by atoms with Gasteiger partial charge in [-0.1, -0.05) is 60.7 Å². The fourth-order valence-electron chi connectivity index (χ4n) is 6.45. The topological polar surface area (TPSA) is 62.0 Å². The summed E-state index contributed by atoms with van der Waals surface area (Å²) in [6.45, 7) is 9.34. The highest BCUT2D eigenvalue weighted by Gasteiger charge is 2.47. The predicted molar refractivity (Wildman–Crippen MR) is 165 cm³/mol. The summed E-state index contributed by atoms with van der Waals surface area (Å²) in [6.07, 6.45) is 0.529. The molecule has 0 bridgehead atoms. The molecular formula is C37H38O6. The standard InChI is InChI=1S/C37H38O6/c1-25-19-27(40-17-15-38-21-29-23-42-29)11-13-33(25)37(35-9-5-3-7-31(35)32-8-4-6-10-36(32)37)34-14-12-28(20-26(34)2)41-18-16-39-22-30-24-43-30/h3-14,19-20,29-30H,15-18,21-24H2,1-2H3. The van der Waals surface area contributed by atoms with Gasteiger partial charge in [0.15, 0.2) is 0 Å². The minimum absolute atomic E-state index is 0.264. The van der Waals surface area contributed by atoms with Crippen LogP contribution in [0, 0.1) is 13.8 Å². The molecule has 0 aromatic heterocycles. The van der Waals surface area contributed by atoms with Crippen molar-refractivity contribution in [3.8, 4) is 22.6 Å². The quantitative estimate of drug-likeness (QED) is 0.115. The van der Waals surface area contributed by atoms with Crippen LogP contribution in [0.4, 0.5) is 0 Å². The third-order valence-corrected chi connectivity index (χ3v) is 8.56. The molecule has 2 fully saturated rings. The van der Waals surface area contributed by atoms with E-state index in [2.05, 4.69) is 98.8 Å². The molecule has 2 heterocycles. The van der Waals surface area contributed by atoms with E-state index in [-0.39, 0.29) is 12.2 Å². The summed E-state index contributed by atoms with van der Waals surface area (Å²) in [4.78, 5) is 0. The van der Waals surface area contributed by atoms with E-state index >= 15 is 0 Å². The van der Waals surface area contributed by atoms with Crippen LogP contribution in [0.25, 0.3) is 11.1 Å². The maximum Gasteiger partial charge on any atom is 0.119 e. The van der Waals surface area contributed by atoms with E-state index in [1.807, 2.05) is 0 Å². The number of rotatable bonds is 14. The first-order valence-corrected chi connectivity index (χ1v) is 15.2. The van der Waals surface area contributed by atoms with Gasteiger partial charge in [-0.05, 0) is 82.6 Å². The normalized spacial score (nSPS) is 19.0. The molecule has 2 unspecified atom stereocenters. The van der Waals surface area contributed by atoms with Crippen molar-refractivity contribution in [1.82, 2.24) is 0 Å². The molecule has 4 aromatic rings. The summed E-state index contributed by atoms with van der Waals surface area (Å²) >= 11 is 0. The molecule has 7 rings (SSSR count). The van der Waals surface area contributed by atoms with Gasteiger partial charge in [-0.2, -0.15) is 0 Å². The maximum atomic E-state index is 6.10. The Bertz CT molecular complexity index is 1470. The van der Waals surface area contributed by atoms with Crippen LogP contribution in [0.5, 0.6) is 11.5 Å². The molecule has 1 aliphatic carbocycles. The summed E-state index contributed by atoms with van der Waals surface area (Å²) in [5, 5.41) is 0. The van der Waals surface area contributed by atoms with Crippen molar-refractivity contribution in [2.75, 3.05) is 52.9 Å². The zero-order chi connectivity index (χ0) is 29.2.